The zero-order chi connectivity index (χ0) is 26.8. The molecule has 1 spiro atoms. The number of nitrogens with zero attached hydrogens (tertiary/aromatic N) is 2. The number of hydrogen-bond acceptors (Lipinski definition) is 6. The van der Waals surface area contributed by atoms with Gasteiger partial charge in [-0.25, -0.2) is 0 Å². The van der Waals surface area contributed by atoms with E-state index in [1.807, 2.05) is 37.3 Å². The van der Waals surface area contributed by atoms with Gasteiger partial charge in [0.1, 0.15) is 17.6 Å². The Labute approximate surface area is 218 Å². The molecule has 3 aliphatic rings. The fourth-order valence-electron chi connectivity index (χ4n) is 6.42. The summed E-state index contributed by atoms with van der Waals surface area (Å²) in [5.41, 5.74) is -1.11. The van der Waals surface area contributed by atoms with Gasteiger partial charge in [0, 0.05) is 13.1 Å². The van der Waals surface area contributed by atoms with Crippen molar-refractivity contribution in [3.05, 3.63) is 61.2 Å². The normalized spacial score (nSPS) is 30.6. The van der Waals surface area contributed by atoms with Crippen molar-refractivity contribution < 1.29 is 29.0 Å². The first kappa shape index (κ1) is 27.1. The molecule has 3 saturated heterocycles. The van der Waals surface area contributed by atoms with E-state index in [9.17, 15) is 19.5 Å². The Hall–Kier alpha value is -2.97. The second kappa shape index (κ2) is 10.8. The van der Waals surface area contributed by atoms with E-state index in [4.69, 9.17) is 9.47 Å². The Balaban J connectivity index is 1.70. The average molecular weight is 511 g/mol. The van der Waals surface area contributed by atoms with Crippen molar-refractivity contribution in [2.75, 3.05) is 19.8 Å². The van der Waals surface area contributed by atoms with Gasteiger partial charge in [0.25, 0.3) is 0 Å². The third-order valence-corrected chi connectivity index (χ3v) is 8.12. The second-order valence-corrected chi connectivity index (χ2v) is 10.6. The molecule has 2 amide bonds. The largest absolute Gasteiger partial charge is 0.465 e. The van der Waals surface area contributed by atoms with Gasteiger partial charge in [-0.1, -0.05) is 42.5 Å². The van der Waals surface area contributed by atoms with Crippen LogP contribution in [0.4, 0.5) is 0 Å². The lowest BCUT2D eigenvalue weighted by Gasteiger charge is -2.38. The zero-order valence-electron chi connectivity index (χ0n) is 21.8. The van der Waals surface area contributed by atoms with E-state index in [1.54, 1.807) is 24.0 Å². The van der Waals surface area contributed by atoms with Crippen molar-refractivity contribution in [1.29, 1.82) is 0 Å². The van der Waals surface area contributed by atoms with Crippen LogP contribution in [0.15, 0.2) is 55.6 Å². The molecular formula is C29H38N2O6. The maximum Gasteiger partial charge on any atom is 0.312 e. The molecule has 0 radical (unpaired) electrons. The molecule has 1 aromatic carbocycles. The molecule has 0 saturated carbocycles. The minimum Gasteiger partial charge on any atom is -0.465 e. The minimum absolute atomic E-state index is 0.231. The number of unbranched alkanes of at least 4 members (excludes halogenated alkanes) is 1. The van der Waals surface area contributed by atoms with E-state index < -0.39 is 41.1 Å². The number of allylic oxidation sites excluding steroid dienone is 1. The molecule has 3 aliphatic heterocycles. The van der Waals surface area contributed by atoms with Gasteiger partial charge in [-0.15, -0.1) is 13.2 Å². The quantitative estimate of drug-likeness (QED) is 0.264. The minimum atomic E-state index is -1.16. The monoisotopic (exact) mass is 510 g/mol. The first-order valence-electron chi connectivity index (χ1n) is 13.1. The van der Waals surface area contributed by atoms with Crippen molar-refractivity contribution in [1.82, 2.24) is 9.80 Å². The smallest absolute Gasteiger partial charge is 0.312 e. The molecule has 2 bridgehead atoms. The summed E-state index contributed by atoms with van der Waals surface area (Å²) in [7, 11) is 0. The van der Waals surface area contributed by atoms with Crippen LogP contribution < -0.4 is 0 Å². The zero-order valence-corrected chi connectivity index (χ0v) is 21.8. The van der Waals surface area contributed by atoms with E-state index >= 15 is 0 Å². The molecule has 0 aliphatic carbocycles. The molecule has 0 aromatic heterocycles. The Morgan fingerprint density at radius 2 is 2.00 bits per heavy atom. The number of amides is 2. The first-order chi connectivity index (χ1) is 17.7. The number of carbonyl (C=O) groups is 3. The Morgan fingerprint density at radius 3 is 2.65 bits per heavy atom. The van der Waals surface area contributed by atoms with Crippen molar-refractivity contribution in [2.24, 2.45) is 11.8 Å². The summed E-state index contributed by atoms with van der Waals surface area (Å²) in [6.07, 6.45) is 5.79. The van der Waals surface area contributed by atoms with Crippen LogP contribution in [0.5, 0.6) is 0 Å². The van der Waals surface area contributed by atoms with Crippen molar-refractivity contribution in [2.45, 2.75) is 69.4 Å². The molecular weight excluding hydrogens is 472 g/mol. The van der Waals surface area contributed by atoms with Crippen molar-refractivity contribution in [3.8, 4) is 0 Å². The lowest BCUT2D eigenvalue weighted by molar-refractivity contribution is -0.161. The Kier molecular flexibility index (Phi) is 7.90. The van der Waals surface area contributed by atoms with Gasteiger partial charge in [0.15, 0.2) is 0 Å². The molecule has 3 heterocycles. The lowest BCUT2D eigenvalue weighted by atomic mass is 9.66. The number of likely N-dealkylation sites (tertiary alicyclic amines) is 1. The van der Waals surface area contributed by atoms with Gasteiger partial charge in [-0.05, 0) is 45.1 Å². The summed E-state index contributed by atoms with van der Waals surface area (Å²) in [6, 6.07) is 8.03. The maximum atomic E-state index is 14.3. The van der Waals surface area contributed by atoms with Crippen LogP contribution in [0.25, 0.3) is 0 Å². The van der Waals surface area contributed by atoms with Crippen LogP contribution in [0, 0.1) is 11.8 Å². The van der Waals surface area contributed by atoms with Crippen molar-refractivity contribution in [3.63, 3.8) is 0 Å². The predicted octanol–water partition coefficient (Wildman–Crippen LogP) is 2.86. The van der Waals surface area contributed by atoms with Gasteiger partial charge >= 0.3 is 5.97 Å². The number of benzene rings is 1. The van der Waals surface area contributed by atoms with E-state index in [0.717, 1.165) is 12.0 Å². The van der Waals surface area contributed by atoms with Gasteiger partial charge in [-0.2, -0.15) is 0 Å². The summed E-state index contributed by atoms with van der Waals surface area (Å²) in [5.74, 6) is -2.74. The molecule has 8 nitrogen and oxygen atoms in total. The molecule has 6 atom stereocenters. The van der Waals surface area contributed by atoms with Crippen molar-refractivity contribution >= 4 is 17.8 Å². The number of aliphatic hydroxyl groups is 1. The molecule has 4 rings (SSSR count). The van der Waals surface area contributed by atoms with Crippen LogP contribution >= 0.6 is 0 Å². The summed E-state index contributed by atoms with van der Waals surface area (Å²) in [4.78, 5) is 44.7. The lowest BCUT2D eigenvalue weighted by Crippen LogP contribution is -2.58. The second-order valence-electron chi connectivity index (χ2n) is 10.6. The standard InChI is InChI=1S/C29H38N2O6/c1-5-7-11-17-36-27(35)23-22-25(33)31(20(3)19-32)24(29(22)15-14-28(23,4)37-29)26(34)30(16-6-2)18-21-12-9-8-10-13-21/h5-6,8-10,12-13,20,22-24,32H,1-2,7,11,14-19H2,3-4H3/t20-,22+,23+,24?,28-,29?/m1/s1. The summed E-state index contributed by atoms with van der Waals surface area (Å²) >= 11 is 0. The third kappa shape index (κ3) is 4.61. The summed E-state index contributed by atoms with van der Waals surface area (Å²) < 4.78 is 12.2. The summed E-state index contributed by atoms with van der Waals surface area (Å²) in [6.45, 7) is 11.6. The van der Waals surface area contributed by atoms with E-state index in [1.165, 1.54) is 4.90 Å². The Bertz CT molecular complexity index is 1040. The van der Waals surface area contributed by atoms with E-state index in [-0.39, 0.29) is 31.6 Å². The van der Waals surface area contributed by atoms with Crippen LogP contribution in [0.1, 0.15) is 45.1 Å². The highest BCUT2D eigenvalue weighted by Crippen LogP contribution is 2.63. The van der Waals surface area contributed by atoms with Gasteiger partial charge in [0.05, 0.1) is 30.8 Å². The number of rotatable bonds is 12. The highest BCUT2D eigenvalue weighted by atomic mass is 16.6. The number of esters is 1. The maximum absolute atomic E-state index is 14.3. The molecule has 1 aromatic rings. The van der Waals surface area contributed by atoms with Gasteiger partial charge < -0.3 is 24.4 Å². The fourth-order valence-corrected chi connectivity index (χ4v) is 6.42. The van der Waals surface area contributed by atoms with Gasteiger partial charge in [0.2, 0.25) is 11.8 Å². The number of hydrogen-bond donors (Lipinski definition) is 1. The topological polar surface area (TPSA) is 96.4 Å². The molecule has 2 unspecified atom stereocenters. The van der Waals surface area contributed by atoms with E-state index in [0.29, 0.717) is 25.8 Å². The predicted molar refractivity (Wildman–Crippen MR) is 138 cm³/mol. The third-order valence-electron chi connectivity index (χ3n) is 8.12. The molecule has 1 N–H and O–H groups in total. The van der Waals surface area contributed by atoms with Crippen LogP contribution in [0.3, 0.4) is 0 Å². The summed E-state index contributed by atoms with van der Waals surface area (Å²) in [5, 5.41) is 10.0. The number of ether oxygens (including phenoxy) is 2. The van der Waals surface area contributed by atoms with Crippen LogP contribution in [0.2, 0.25) is 0 Å². The fraction of sp³-hybridized carbons (Fsp3) is 0.552. The highest BCUT2D eigenvalue weighted by molar-refractivity contribution is 5.98. The highest BCUT2D eigenvalue weighted by Gasteiger charge is 2.78. The SMILES string of the molecule is C=CCCCOC(=O)[C@@H]1[C@H]2C(=O)N([C@H](C)CO)C(C(=O)N(CC=C)Cc3ccccc3)C23CC[C@@]1(C)O3. The first-order valence-corrected chi connectivity index (χ1v) is 13.1. The average Bonchev–Trinajstić information content (AvgIpc) is 3.46. The molecule has 8 heteroatoms. The molecule has 37 heavy (non-hydrogen) atoms. The van der Waals surface area contributed by atoms with Crippen LogP contribution in [-0.4, -0.2) is 75.7 Å². The number of carbonyl (C=O) groups excluding carboxylic acids is 3. The molecule has 200 valence electrons. The van der Waals surface area contributed by atoms with Gasteiger partial charge in [-0.3, -0.25) is 14.4 Å². The van der Waals surface area contributed by atoms with Crippen LogP contribution in [-0.2, 0) is 30.4 Å². The number of fused-ring (bicyclic) bond motifs is 1. The van der Waals surface area contributed by atoms with E-state index in [2.05, 4.69) is 13.2 Å². The Morgan fingerprint density at radius 1 is 1.27 bits per heavy atom. The molecule has 3 fully saturated rings. The number of aliphatic hydroxyl groups excluding tert-OH is 1.